The number of aromatic nitrogens is 3. The number of hydrogen-bond acceptors (Lipinski definition) is 6. The number of benzene rings is 2. The first kappa shape index (κ1) is 21.1. The van der Waals surface area contributed by atoms with Crippen molar-refractivity contribution in [2.45, 2.75) is 13.5 Å². The first-order valence-corrected chi connectivity index (χ1v) is 11.2. The van der Waals surface area contributed by atoms with Crippen LogP contribution in [0.2, 0.25) is 5.02 Å². The van der Waals surface area contributed by atoms with E-state index in [-0.39, 0.29) is 17.2 Å². The van der Waals surface area contributed by atoms with Crippen LogP contribution in [-0.4, -0.2) is 20.4 Å². The number of hydrogen-bond donors (Lipinski definition) is 1. The van der Waals surface area contributed by atoms with Gasteiger partial charge >= 0.3 is 0 Å². The zero-order valence-electron chi connectivity index (χ0n) is 17.4. The molecule has 3 heterocycles. The molecule has 2 aromatic carbocycles. The Morgan fingerprint density at radius 2 is 1.88 bits per heavy atom. The summed E-state index contributed by atoms with van der Waals surface area (Å²) in [5.41, 5.74) is 3.72. The maximum Gasteiger partial charge on any atom is 0.293 e. The monoisotopic (exact) mass is 476 g/mol. The molecule has 5 rings (SSSR count). The van der Waals surface area contributed by atoms with Gasteiger partial charge in [0.15, 0.2) is 6.39 Å². The third-order valence-electron chi connectivity index (χ3n) is 5.18. The number of thiophene rings is 1. The van der Waals surface area contributed by atoms with Gasteiger partial charge in [-0.2, -0.15) is 4.98 Å². The number of fused-ring (bicyclic) bond motifs is 1. The molecule has 0 saturated carbocycles. The predicted octanol–water partition coefficient (Wildman–Crippen LogP) is 5.38. The molecule has 0 unspecified atom stereocenters. The number of nitrogens with zero attached hydrogens (tertiary/aromatic N) is 3. The summed E-state index contributed by atoms with van der Waals surface area (Å²) in [4.78, 5) is 33.6. The number of oxazole rings is 1. The van der Waals surface area contributed by atoms with Crippen molar-refractivity contribution in [2.75, 3.05) is 5.32 Å². The van der Waals surface area contributed by atoms with E-state index in [1.165, 1.54) is 17.7 Å². The number of amides is 1. The molecule has 0 saturated heterocycles. The SMILES string of the molecule is Cc1ncoc1C(=O)Nc1ccc(-c2cc3c(s2)c(=O)ncn3Cc2ccc(Cl)cc2)cc1. The zero-order chi connectivity index (χ0) is 22.9. The van der Waals surface area contributed by atoms with E-state index in [0.717, 1.165) is 21.5 Å². The van der Waals surface area contributed by atoms with E-state index in [0.29, 0.717) is 27.6 Å². The summed E-state index contributed by atoms with van der Waals surface area (Å²) < 4.78 is 7.68. The highest BCUT2D eigenvalue weighted by Gasteiger charge is 2.15. The Morgan fingerprint density at radius 1 is 1.12 bits per heavy atom. The standard InChI is InChI=1S/C24H17ClN4O3S/c1-14-21(32-13-27-14)23(30)28-18-8-4-16(5-9-18)20-10-19-22(33-20)24(31)26-12-29(19)11-15-2-6-17(25)7-3-15/h2-10,12-13H,11H2,1H3,(H,28,30). The van der Waals surface area contributed by atoms with Gasteiger partial charge in [0.2, 0.25) is 5.76 Å². The maximum absolute atomic E-state index is 12.4. The molecule has 0 aliphatic rings. The summed E-state index contributed by atoms with van der Waals surface area (Å²) in [5, 5.41) is 3.47. The Bertz CT molecular complexity index is 1520. The summed E-state index contributed by atoms with van der Waals surface area (Å²) in [6.07, 6.45) is 2.81. The Kier molecular flexibility index (Phi) is 5.53. The number of anilines is 1. The minimum atomic E-state index is -0.357. The molecular weight excluding hydrogens is 460 g/mol. The minimum Gasteiger partial charge on any atom is -0.438 e. The molecule has 5 aromatic rings. The van der Waals surface area contributed by atoms with Crippen LogP contribution in [0, 0.1) is 6.92 Å². The van der Waals surface area contributed by atoms with Crippen molar-refractivity contribution < 1.29 is 9.21 Å². The van der Waals surface area contributed by atoms with Gasteiger partial charge in [-0.1, -0.05) is 35.9 Å². The van der Waals surface area contributed by atoms with E-state index >= 15 is 0 Å². The molecular formula is C24H17ClN4O3S. The van der Waals surface area contributed by atoms with Crippen LogP contribution >= 0.6 is 22.9 Å². The second-order valence-corrected chi connectivity index (χ2v) is 8.92. The van der Waals surface area contributed by atoms with Gasteiger partial charge in [-0.15, -0.1) is 11.3 Å². The van der Waals surface area contributed by atoms with Gasteiger partial charge in [0.1, 0.15) is 4.70 Å². The van der Waals surface area contributed by atoms with Crippen molar-refractivity contribution in [1.82, 2.24) is 14.5 Å². The highest BCUT2D eigenvalue weighted by Crippen LogP contribution is 2.32. The number of carbonyl (C=O) groups is 1. The fourth-order valence-electron chi connectivity index (χ4n) is 3.47. The van der Waals surface area contributed by atoms with Crippen molar-refractivity contribution in [3.05, 3.63) is 99.7 Å². The molecule has 0 aliphatic heterocycles. The van der Waals surface area contributed by atoms with Gasteiger partial charge in [-0.25, -0.2) is 4.98 Å². The van der Waals surface area contributed by atoms with Gasteiger partial charge in [0.05, 0.1) is 17.5 Å². The number of nitrogens with one attached hydrogen (secondary N) is 1. The normalized spacial score (nSPS) is 11.1. The molecule has 0 atom stereocenters. The van der Waals surface area contributed by atoms with Crippen molar-refractivity contribution >= 4 is 44.7 Å². The summed E-state index contributed by atoms with van der Waals surface area (Å²) >= 11 is 7.38. The van der Waals surface area contributed by atoms with Crippen LogP contribution in [0.15, 0.2) is 76.5 Å². The van der Waals surface area contributed by atoms with Gasteiger partial charge < -0.3 is 14.3 Å². The topological polar surface area (TPSA) is 90.0 Å². The number of rotatable bonds is 5. The molecule has 0 bridgehead atoms. The van der Waals surface area contributed by atoms with Crippen molar-refractivity contribution in [2.24, 2.45) is 0 Å². The summed E-state index contributed by atoms with van der Waals surface area (Å²) in [7, 11) is 0. The average Bonchev–Trinajstić information content (AvgIpc) is 3.45. The molecule has 164 valence electrons. The Balaban J connectivity index is 1.42. The number of carbonyl (C=O) groups excluding carboxylic acids is 1. The molecule has 0 aliphatic carbocycles. The lowest BCUT2D eigenvalue weighted by molar-refractivity contribution is 0.0996. The molecule has 9 heteroatoms. The van der Waals surface area contributed by atoms with Crippen LogP contribution in [-0.2, 0) is 6.54 Å². The molecule has 7 nitrogen and oxygen atoms in total. The number of halogens is 1. The van der Waals surface area contributed by atoms with Gasteiger partial charge in [0.25, 0.3) is 11.5 Å². The average molecular weight is 477 g/mol. The van der Waals surface area contributed by atoms with E-state index in [1.54, 1.807) is 25.4 Å². The first-order chi connectivity index (χ1) is 16.0. The smallest absolute Gasteiger partial charge is 0.293 e. The Labute approximate surface area is 197 Å². The van der Waals surface area contributed by atoms with Crippen LogP contribution in [0.25, 0.3) is 20.7 Å². The van der Waals surface area contributed by atoms with E-state index in [1.807, 2.05) is 47.0 Å². The van der Waals surface area contributed by atoms with Crippen molar-refractivity contribution in [1.29, 1.82) is 0 Å². The van der Waals surface area contributed by atoms with Crippen LogP contribution in [0.3, 0.4) is 0 Å². The first-order valence-electron chi connectivity index (χ1n) is 10.0. The fraction of sp³-hybridized carbons (Fsp3) is 0.0833. The van der Waals surface area contributed by atoms with Gasteiger partial charge in [0, 0.05) is 22.1 Å². The molecule has 1 N–H and O–H groups in total. The molecule has 0 radical (unpaired) electrons. The molecule has 33 heavy (non-hydrogen) atoms. The number of aryl methyl sites for hydroxylation is 1. The van der Waals surface area contributed by atoms with E-state index in [9.17, 15) is 9.59 Å². The van der Waals surface area contributed by atoms with Crippen LogP contribution in [0.5, 0.6) is 0 Å². The summed E-state index contributed by atoms with van der Waals surface area (Å²) in [6.45, 7) is 2.28. The van der Waals surface area contributed by atoms with Crippen molar-refractivity contribution in [3.8, 4) is 10.4 Å². The summed E-state index contributed by atoms with van der Waals surface area (Å²) in [6, 6.07) is 17.0. The van der Waals surface area contributed by atoms with Gasteiger partial charge in [-0.3, -0.25) is 9.59 Å². The molecule has 0 fully saturated rings. The molecule has 3 aromatic heterocycles. The quantitative estimate of drug-likeness (QED) is 0.368. The highest BCUT2D eigenvalue weighted by molar-refractivity contribution is 7.22. The van der Waals surface area contributed by atoms with Crippen LogP contribution in [0.4, 0.5) is 5.69 Å². The Hall–Kier alpha value is -3.75. The third-order valence-corrected chi connectivity index (χ3v) is 6.59. The van der Waals surface area contributed by atoms with Gasteiger partial charge in [-0.05, 0) is 48.4 Å². The minimum absolute atomic E-state index is 0.185. The fourth-order valence-corrected chi connectivity index (χ4v) is 4.66. The third kappa shape index (κ3) is 4.30. The Morgan fingerprint density at radius 3 is 2.58 bits per heavy atom. The second-order valence-electron chi connectivity index (χ2n) is 7.43. The van der Waals surface area contributed by atoms with E-state index < -0.39 is 0 Å². The lowest BCUT2D eigenvalue weighted by Gasteiger charge is -2.07. The lowest BCUT2D eigenvalue weighted by Crippen LogP contribution is -2.12. The zero-order valence-corrected chi connectivity index (χ0v) is 19.0. The van der Waals surface area contributed by atoms with E-state index in [4.69, 9.17) is 16.0 Å². The predicted molar refractivity (Wildman–Crippen MR) is 129 cm³/mol. The maximum atomic E-state index is 12.4. The van der Waals surface area contributed by atoms with E-state index in [2.05, 4.69) is 15.3 Å². The largest absolute Gasteiger partial charge is 0.438 e. The van der Waals surface area contributed by atoms with Crippen molar-refractivity contribution in [3.63, 3.8) is 0 Å². The van der Waals surface area contributed by atoms with Crippen LogP contribution < -0.4 is 10.9 Å². The highest BCUT2D eigenvalue weighted by atomic mass is 35.5. The lowest BCUT2D eigenvalue weighted by atomic mass is 10.1. The van der Waals surface area contributed by atoms with Crippen LogP contribution in [0.1, 0.15) is 21.8 Å². The molecule has 1 amide bonds. The summed E-state index contributed by atoms with van der Waals surface area (Å²) in [5.74, 6) is -0.172. The second kappa shape index (κ2) is 8.65. The molecule has 0 spiro atoms.